The van der Waals surface area contributed by atoms with Crippen molar-refractivity contribution in [3.05, 3.63) is 66.6 Å². The number of aromatic nitrogens is 4. The molecular weight excluding hydrogens is 280 g/mol. The lowest BCUT2D eigenvalue weighted by atomic mass is 10.2. The summed E-state index contributed by atoms with van der Waals surface area (Å²) in [5.74, 6) is 1.36. The van der Waals surface area contributed by atoms with E-state index in [2.05, 4.69) is 27.4 Å². The smallest absolute Gasteiger partial charge is 0.278 e. The quantitative estimate of drug-likeness (QED) is 0.577. The van der Waals surface area contributed by atoms with Crippen LogP contribution in [0.15, 0.2) is 69.9 Å². The van der Waals surface area contributed by atoms with E-state index in [1.54, 1.807) is 18.4 Å². The van der Waals surface area contributed by atoms with E-state index in [0.29, 0.717) is 29.7 Å². The Morgan fingerprint density at radius 2 is 1.91 bits per heavy atom. The monoisotopic (exact) mass is 292 g/mol. The molecule has 0 radical (unpaired) electrons. The maximum absolute atomic E-state index is 5.24. The van der Waals surface area contributed by atoms with Gasteiger partial charge in [-0.1, -0.05) is 35.5 Å². The van der Waals surface area contributed by atoms with Gasteiger partial charge in [0.2, 0.25) is 5.82 Å². The second-order valence-corrected chi connectivity index (χ2v) is 4.78. The summed E-state index contributed by atoms with van der Waals surface area (Å²) in [6, 6.07) is 15.5. The number of rotatable bonds is 4. The zero-order valence-electron chi connectivity index (χ0n) is 11.6. The molecular formula is C16H12N4O2. The Kier molecular flexibility index (Phi) is 3.05. The lowest BCUT2D eigenvalue weighted by Gasteiger charge is -2.00. The normalized spacial score (nSPS) is 10.9. The lowest BCUT2D eigenvalue weighted by Crippen LogP contribution is -2.00. The van der Waals surface area contributed by atoms with E-state index >= 15 is 0 Å². The fraction of sp³-hybridized carbons (Fsp3) is 0.0625. The molecule has 0 unspecified atom stereocenters. The summed E-state index contributed by atoms with van der Waals surface area (Å²) in [5.41, 5.74) is 1.82. The van der Waals surface area contributed by atoms with Crippen LogP contribution < -0.4 is 0 Å². The number of benzene rings is 1. The number of hydrogen-bond acceptors (Lipinski definition) is 5. The van der Waals surface area contributed by atoms with E-state index in [1.807, 2.05) is 35.1 Å². The zero-order valence-corrected chi connectivity index (χ0v) is 11.6. The first-order valence-corrected chi connectivity index (χ1v) is 6.84. The highest BCUT2D eigenvalue weighted by atomic mass is 16.5. The molecule has 0 fully saturated rings. The third-order valence-corrected chi connectivity index (χ3v) is 3.21. The zero-order chi connectivity index (χ0) is 14.8. The van der Waals surface area contributed by atoms with Crippen molar-refractivity contribution in [1.29, 1.82) is 0 Å². The molecule has 22 heavy (non-hydrogen) atoms. The Bertz CT molecular complexity index is 863. The van der Waals surface area contributed by atoms with Crippen LogP contribution in [0, 0.1) is 0 Å². The predicted octanol–water partition coefficient (Wildman–Crippen LogP) is 3.24. The first-order chi connectivity index (χ1) is 10.9. The minimum absolute atomic E-state index is 0.373. The van der Waals surface area contributed by atoms with E-state index in [4.69, 9.17) is 8.94 Å². The largest absolute Gasteiger partial charge is 0.461 e. The molecule has 3 heterocycles. The Morgan fingerprint density at radius 3 is 2.73 bits per heavy atom. The second kappa shape index (κ2) is 5.33. The molecule has 6 nitrogen and oxygen atoms in total. The van der Waals surface area contributed by atoms with Crippen molar-refractivity contribution in [2.45, 2.75) is 6.54 Å². The topological polar surface area (TPSA) is 69.9 Å². The summed E-state index contributed by atoms with van der Waals surface area (Å²) >= 11 is 0. The molecule has 6 heteroatoms. The molecule has 0 saturated heterocycles. The van der Waals surface area contributed by atoms with Gasteiger partial charge < -0.3 is 8.94 Å². The van der Waals surface area contributed by atoms with E-state index in [1.165, 1.54) is 5.56 Å². The minimum atomic E-state index is 0.373. The lowest BCUT2D eigenvalue weighted by molar-refractivity contribution is 0.427. The molecule has 0 spiro atoms. The molecule has 0 atom stereocenters. The van der Waals surface area contributed by atoms with Crippen molar-refractivity contribution in [1.82, 2.24) is 19.9 Å². The van der Waals surface area contributed by atoms with Crippen LogP contribution in [0.1, 0.15) is 5.56 Å². The standard InChI is InChI=1S/C16H12N4O2/c1-2-5-12(6-3-1)11-20-9-8-13(18-20)16-17-15(19-22-16)14-7-4-10-21-14/h1-10H,11H2. The maximum Gasteiger partial charge on any atom is 0.278 e. The van der Waals surface area contributed by atoms with Crippen LogP contribution in [0.2, 0.25) is 0 Å². The highest BCUT2D eigenvalue weighted by molar-refractivity contribution is 5.52. The Balaban J connectivity index is 1.57. The van der Waals surface area contributed by atoms with Crippen LogP contribution in [0.25, 0.3) is 23.2 Å². The van der Waals surface area contributed by atoms with Gasteiger partial charge in [0.1, 0.15) is 0 Å². The Labute approximate surface area is 126 Å². The van der Waals surface area contributed by atoms with Gasteiger partial charge in [0.25, 0.3) is 5.89 Å². The average molecular weight is 292 g/mol. The van der Waals surface area contributed by atoms with Gasteiger partial charge in [-0.15, -0.1) is 0 Å². The summed E-state index contributed by atoms with van der Waals surface area (Å²) < 4.78 is 12.3. The summed E-state index contributed by atoms with van der Waals surface area (Å²) in [5, 5.41) is 8.36. The van der Waals surface area contributed by atoms with Gasteiger partial charge in [0, 0.05) is 6.20 Å². The van der Waals surface area contributed by atoms with Gasteiger partial charge >= 0.3 is 0 Å². The van der Waals surface area contributed by atoms with Gasteiger partial charge in [-0.25, -0.2) is 0 Å². The van der Waals surface area contributed by atoms with Crippen LogP contribution in [0.3, 0.4) is 0 Å². The molecule has 108 valence electrons. The third-order valence-electron chi connectivity index (χ3n) is 3.21. The highest BCUT2D eigenvalue weighted by Crippen LogP contribution is 2.21. The van der Waals surface area contributed by atoms with Gasteiger partial charge in [-0.05, 0) is 23.8 Å². The van der Waals surface area contributed by atoms with E-state index in [9.17, 15) is 0 Å². The highest BCUT2D eigenvalue weighted by Gasteiger charge is 2.14. The average Bonchev–Trinajstić information content (AvgIpc) is 3.29. The van der Waals surface area contributed by atoms with Crippen molar-refractivity contribution in [3.63, 3.8) is 0 Å². The van der Waals surface area contributed by atoms with Crippen molar-refractivity contribution < 1.29 is 8.94 Å². The van der Waals surface area contributed by atoms with Crippen molar-refractivity contribution in [2.24, 2.45) is 0 Å². The molecule has 4 aromatic rings. The van der Waals surface area contributed by atoms with Gasteiger partial charge in [0.05, 0.1) is 12.8 Å². The second-order valence-electron chi connectivity index (χ2n) is 4.78. The fourth-order valence-electron chi connectivity index (χ4n) is 2.17. The van der Waals surface area contributed by atoms with Crippen LogP contribution in [-0.4, -0.2) is 19.9 Å². The molecule has 0 aliphatic rings. The van der Waals surface area contributed by atoms with E-state index in [0.717, 1.165) is 0 Å². The molecule has 3 aromatic heterocycles. The molecule has 0 amide bonds. The van der Waals surface area contributed by atoms with Crippen LogP contribution >= 0.6 is 0 Å². The molecule has 0 aliphatic heterocycles. The minimum Gasteiger partial charge on any atom is -0.461 e. The third kappa shape index (κ3) is 2.42. The van der Waals surface area contributed by atoms with Crippen LogP contribution in [-0.2, 0) is 6.54 Å². The van der Waals surface area contributed by atoms with E-state index in [-0.39, 0.29) is 0 Å². The predicted molar refractivity (Wildman–Crippen MR) is 78.8 cm³/mol. The first kappa shape index (κ1) is 12.6. The number of furan rings is 1. The maximum atomic E-state index is 5.24. The number of hydrogen-bond donors (Lipinski definition) is 0. The molecule has 0 N–H and O–H groups in total. The fourth-order valence-corrected chi connectivity index (χ4v) is 2.17. The van der Waals surface area contributed by atoms with Gasteiger partial charge in [-0.2, -0.15) is 10.1 Å². The Morgan fingerprint density at radius 1 is 1.00 bits per heavy atom. The van der Waals surface area contributed by atoms with Gasteiger partial charge in [0.15, 0.2) is 11.5 Å². The molecule has 0 saturated carbocycles. The van der Waals surface area contributed by atoms with Crippen molar-refractivity contribution in [2.75, 3.05) is 0 Å². The van der Waals surface area contributed by atoms with Gasteiger partial charge in [-0.3, -0.25) is 4.68 Å². The SMILES string of the molecule is c1ccc(Cn2ccc(-c3nc(-c4ccco4)no3)n2)cc1. The summed E-state index contributed by atoms with van der Waals surface area (Å²) in [6.45, 7) is 0.694. The molecule has 0 aliphatic carbocycles. The Hall–Kier alpha value is -3.15. The van der Waals surface area contributed by atoms with Crippen molar-refractivity contribution >= 4 is 0 Å². The summed E-state index contributed by atoms with van der Waals surface area (Å²) in [7, 11) is 0. The summed E-state index contributed by atoms with van der Waals surface area (Å²) in [6.07, 6.45) is 3.46. The molecule has 1 aromatic carbocycles. The van der Waals surface area contributed by atoms with E-state index < -0.39 is 0 Å². The molecule has 0 bridgehead atoms. The first-order valence-electron chi connectivity index (χ1n) is 6.84. The molecule has 4 rings (SSSR count). The van der Waals surface area contributed by atoms with Crippen LogP contribution in [0.5, 0.6) is 0 Å². The number of nitrogens with zero attached hydrogens (tertiary/aromatic N) is 4. The summed E-state index contributed by atoms with van der Waals surface area (Å²) in [4.78, 5) is 4.30. The van der Waals surface area contributed by atoms with Crippen molar-refractivity contribution in [3.8, 4) is 23.2 Å². The van der Waals surface area contributed by atoms with Crippen LogP contribution in [0.4, 0.5) is 0 Å².